The number of hydrogen-bond donors (Lipinski definition) is 1. The van der Waals surface area contributed by atoms with Gasteiger partial charge in [-0.2, -0.15) is 4.98 Å². The first-order valence-corrected chi connectivity index (χ1v) is 9.27. The Bertz CT molecular complexity index is 938. The Hall–Kier alpha value is -2.88. The van der Waals surface area contributed by atoms with Gasteiger partial charge in [-0.3, -0.25) is 0 Å². The summed E-state index contributed by atoms with van der Waals surface area (Å²) < 4.78 is 0. The molecule has 4 nitrogen and oxygen atoms in total. The number of rotatable bonds is 4. The molecular weight excluding hydrogens is 320 g/mol. The quantitative estimate of drug-likeness (QED) is 0.761. The van der Waals surface area contributed by atoms with Crippen molar-refractivity contribution >= 4 is 11.8 Å². The maximum Gasteiger partial charge on any atom is 0.225 e. The average molecular weight is 342 g/mol. The number of nitrogens with one attached hydrogen (secondary N) is 1. The highest BCUT2D eigenvalue weighted by Crippen LogP contribution is 2.51. The van der Waals surface area contributed by atoms with Crippen molar-refractivity contribution in [3.8, 4) is 0 Å². The van der Waals surface area contributed by atoms with Crippen molar-refractivity contribution in [1.29, 1.82) is 0 Å². The zero-order valence-electron chi connectivity index (χ0n) is 14.9. The molecule has 5 rings (SSSR count). The topological polar surface area (TPSA) is 41.1 Å². The van der Waals surface area contributed by atoms with Crippen molar-refractivity contribution in [2.45, 2.75) is 31.8 Å². The third-order valence-electron chi connectivity index (χ3n) is 5.52. The van der Waals surface area contributed by atoms with E-state index in [1.54, 1.807) is 0 Å². The van der Waals surface area contributed by atoms with Crippen LogP contribution in [0, 0.1) is 6.92 Å². The molecule has 1 saturated heterocycles. The van der Waals surface area contributed by atoms with Crippen LogP contribution in [0.2, 0.25) is 0 Å². The summed E-state index contributed by atoms with van der Waals surface area (Å²) in [4.78, 5) is 11.9. The van der Waals surface area contributed by atoms with E-state index in [0.29, 0.717) is 17.9 Å². The molecule has 1 N–H and O–H groups in total. The molecule has 2 aromatic carbocycles. The highest BCUT2D eigenvalue weighted by atomic mass is 15.3. The first kappa shape index (κ1) is 15.4. The van der Waals surface area contributed by atoms with E-state index in [0.717, 1.165) is 24.6 Å². The lowest BCUT2D eigenvalue weighted by atomic mass is 9.99. The summed E-state index contributed by atoms with van der Waals surface area (Å²) in [6.07, 6.45) is 1.20. The van der Waals surface area contributed by atoms with Crippen LogP contribution >= 0.6 is 0 Å². The molecule has 1 aromatic heterocycles. The molecule has 0 radical (unpaired) electrons. The second kappa shape index (κ2) is 6.13. The molecule has 0 amide bonds. The van der Waals surface area contributed by atoms with Crippen LogP contribution in [0.5, 0.6) is 0 Å². The van der Waals surface area contributed by atoms with Crippen molar-refractivity contribution < 1.29 is 0 Å². The number of aryl methyl sites for hydroxylation is 1. The summed E-state index contributed by atoms with van der Waals surface area (Å²) in [6.45, 7) is 3.83. The van der Waals surface area contributed by atoms with Crippen LogP contribution in [-0.2, 0) is 6.54 Å². The van der Waals surface area contributed by atoms with Crippen LogP contribution in [0.15, 0.2) is 60.7 Å². The van der Waals surface area contributed by atoms with Crippen molar-refractivity contribution in [3.63, 3.8) is 0 Å². The van der Waals surface area contributed by atoms with E-state index in [9.17, 15) is 0 Å². The molecule has 3 aromatic rings. The minimum Gasteiger partial charge on any atom is -0.350 e. The van der Waals surface area contributed by atoms with Gasteiger partial charge in [0.15, 0.2) is 0 Å². The molecule has 1 aliphatic carbocycles. The fraction of sp³-hybridized carbons (Fsp3) is 0.273. The van der Waals surface area contributed by atoms with Gasteiger partial charge in [-0.25, -0.2) is 4.98 Å². The van der Waals surface area contributed by atoms with Crippen molar-refractivity contribution in [1.82, 2.24) is 9.97 Å². The molecule has 26 heavy (non-hydrogen) atoms. The highest BCUT2D eigenvalue weighted by molar-refractivity contribution is 5.55. The van der Waals surface area contributed by atoms with Crippen LogP contribution in [0.3, 0.4) is 0 Å². The Morgan fingerprint density at radius 2 is 1.77 bits per heavy atom. The second-order valence-corrected chi connectivity index (χ2v) is 7.26. The minimum absolute atomic E-state index is 0.451. The van der Waals surface area contributed by atoms with E-state index in [2.05, 4.69) is 69.8 Å². The van der Waals surface area contributed by atoms with Gasteiger partial charge < -0.3 is 10.2 Å². The van der Waals surface area contributed by atoms with Gasteiger partial charge in [0.2, 0.25) is 5.95 Å². The monoisotopic (exact) mass is 342 g/mol. The lowest BCUT2D eigenvalue weighted by Gasteiger charge is -2.30. The fourth-order valence-electron chi connectivity index (χ4n) is 4.35. The summed E-state index contributed by atoms with van der Waals surface area (Å²) >= 11 is 0. The second-order valence-electron chi connectivity index (χ2n) is 7.26. The molecule has 2 atom stereocenters. The first-order chi connectivity index (χ1) is 12.8. The first-order valence-electron chi connectivity index (χ1n) is 9.27. The lowest BCUT2D eigenvalue weighted by molar-refractivity contribution is 0.728. The summed E-state index contributed by atoms with van der Waals surface area (Å²) in [5.41, 5.74) is 5.23. The molecule has 1 aliphatic heterocycles. The Labute approximate surface area is 153 Å². The molecule has 1 fully saturated rings. The number of aromatic nitrogens is 2. The van der Waals surface area contributed by atoms with E-state index in [-0.39, 0.29) is 0 Å². The third-order valence-corrected chi connectivity index (χ3v) is 5.52. The van der Waals surface area contributed by atoms with E-state index < -0.39 is 0 Å². The van der Waals surface area contributed by atoms with Crippen LogP contribution < -0.4 is 10.2 Å². The maximum absolute atomic E-state index is 4.83. The highest BCUT2D eigenvalue weighted by Gasteiger charge is 2.42. The number of hydrogen-bond acceptors (Lipinski definition) is 4. The van der Waals surface area contributed by atoms with E-state index >= 15 is 0 Å². The van der Waals surface area contributed by atoms with Gasteiger partial charge in [0.05, 0.1) is 6.04 Å². The molecule has 2 bridgehead atoms. The van der Waals surface area contributed by atoms with Gasteiger partial charge in [-0.05, 0) is 30.0 Å². The van der Waals surface area contributed by atoms with Gasteiger partial charge >= 0.3 is 0 Å². The van der Waals surface area contributed by atoms with Crippen LogP contribution in [-0.4, -0.2) is 16.5 Å². The number of fused-ring (bicyclic) bond motifs is 5. The normalized spacial score (nSPS) is 20.3. The van der Waals surface area contributed by atoms with Gasteiger partial charge in [-0.15, -0.1) is 0 Å². The van der Waals surface area contributed by atoms with Crippen LogP contribution in [0.4, 0.5) is 11.8 Å². The summed E-state index contributed by atoms with van der Waals surface area (Å²) in [5, 5.41) is 3.38. The SMILES string of the molecule is Cc1cc(N2C[C@H]3C[C@H]2c2ccccc23)nc(NCc2ccccc2)n1. The number of benzene rings is 2. The van der Waals surface area contributed by atoms with E-state index in [4.69, 9.17) is 4.98 Å². The van der Waals surface area contributed by atoms with Gasteiger partial charge in [0, 0.05) is 30.8 Å². The average Bonchev–Trinajstić information content (AvgIpc) is 3.27. The summed E-state index contributed by atoms with van der Waals surface area (Å²) in [5.74, 6) is 2.38. The molecule has 2 aliphatic rings. The van der Waals surface area contributed by atoms with E-state index in [1.807, 2.05) is 13.0 Å². The molecule has 130 valence electrons. The fourth-order valence-corrected chi connectivity index (χ4v) is 4.35. The van der Waals surface area contributed by atoms with Gasteiger partial charge in [0.1, 0.15) is 5.82 Å². The number of anilines is 2. The molecular formula is C22H22N4. The largest absolute Gasteiger partial charge is 0.350 e. The van der Waals surface area contributed by atoms with Crippen LogP contribution in [0.1, 0.15) is 40.8 Å². The van der Waals surface area contributed by atoms with Crippen molar-refractivity contribution in [2.24, 2.45) is 0 Å². The Balaban J connectivity index is 1.40. The van der Waals surface area contributed by atoms with Crippen molar-refractivity contribution in [2.75, 3.05) is 16.8 Å². The smallest absolute Gasteiger partial charge is 0.225 e. The molecule has 0 saturated carbocycles. The molecule has 0 unspecified atom stereocenters. The Morgan fingerprint density at radius 3 is 2.62 bits per heavy atom. The summed E-state index contributed by atoms with van der Waals surface area (Å²) in [6, 6.07) is 21.8. The summed E-state index contributed by atoms with van der Waals surface area (Å²) in [7, 11) is 0. The van der Waals surface area contributed by atoms with Gasteiger partial charge in [0.25, 0.3) is 0 Å². The van der Waals surface area contributed by atoms with Crippen molar-refractivity contribution in [3.05, 3.63) is 83.0 Å². The van der Waals surface area contributed by atoms with E-state index in [1.165, 1.54) is 23.1 Å². The Kier molecular flexibility index (Phi) is 3.63. The molecule has 2 heterocycles. The zero-order valence-corrected chi connectivity index (χ0v) is 14.9. The Morgan fingerprint density at radius 1 is 1.00 bits per heavy atom. The van der Waals surface area contributed by atoms with Gasteiger partial charge in [-0.1, -0.05) is 54.6 Å². The standard InChI is InChI=1S/C22H22N4/c1-15-11-21(25-22(24-15)23-13-16-7-3-2-4-8-16)26-14-17-12-20(26)19-10-6-5-9-18(17)19/h2-11,17,20H,12-14H2,1H3,(H,23,24,25)/t17-,20+/m1/s1. The zero-order chi connectivity index (χ0) is 17.5. The minimum atomic E-state index is 0.451. The number of nitrogens with zero attached hydrogens (tertiary/aromatic N) is 3. The molecule has 0 spiro atoms. The predicted octanol–water partition coefficient (Wildman–Crippen LogP) is 4.45. The lowest BCUT2D eigenvalue weighted by Crippen LogP contribution is -2.28. The maximum atomic E-state index is 4.83. The predicted molar refractivity (Wildman–Crippen MR) is 104 cm³/mol. The van der Waals surface area contributed by atoms with Crippen LogP contribution in [0.25, 0.3) is 0 Å². The molecule has 4 heteroatoms. The third kappa shape index (κ3) is 2.62.